The summed E-state index contributed by atoms with van der Waals surface area (Å²) in [6.45, 7) is 1.08. The molecule has 32 heavy (non-hydrogen) atoms. The van der Waals surface area contributed by atoms with Crippen LogP contribution in [0.15, 0.2) is 30.3 Å². The molecule has 1 fully saturated rings. The molecule has 1 aromatic carbocycles. The minimum atomic E-state index is -4.58. The third-order valence-electron chi connectivity index (χ3n) is 5.90. The van der Waals surface area contributed by atoms with Gasteiger partial charge in [0, 0.05) is 18.2 Å². The molecule has 1 aromatic heterocycles. The van der Waals surface area contributed by atoms with E-state index < -0.39 is 35.6 Å². The summed E-state index contributed by atoms with van der Waals surface area (Å²) in [4.78, 5) is 24.2. The van der Waals surface area contributed by atoms with E-state index in [1.165, 1.54) is 35.9 Å². The van der Waals surface area contributed by atoms with E-state index in [0.29, 0.717) is 0 Å². The minimum absolute atomic E-state index is 0.0201. The quantitative estimate of drug-likeness (QED) is 0.563. The maximum Gasteiger partial charge on any atom is 0.417 e. The Morgan fingerprint density at radius 3 is 2.50 bits per heavy atom. The normalized spacial score (nSPS) is 16.7. The number of rotatable bonds is 8. The Morgan fingerprint density at radius 1 is 1.25 bits per heavy atom. The highest BCUT2D eigenvalue weighted by molar-refractivity contribution is 5.94. The van der Waals surface area contributed by atoms with Gasteiger partial charge in [0.2, 0.25) is 0 Å². The predicted molar refractivity (Wildman–Crippen MR) is 110 cm³/mol. The Morgan fingerprint density at radius 2 is 1.91 bits per heavy atom. The number of halogens is 3. The van der Waals surface area contributed by atoms with Crippen LogP contribution >= 0.6 is 0 Å². The fraction of sp³-hybridized carbons (Fsp3) is 0.500. The molecule has 1 heterocycles. The number of aliphatic hydroxyl groups is 1. The van der Waals surface area contributed by atoms with Gasteiger partial charge in [-0.2, -0.15) is 18.3 Å². The Labute approximate surface area is 183 Å². The summed E-state index contributed by atoms with van der Waals surface area (Å²) in [6, 6.07) is 5.50. The van der Waals surface area contributed by atoms with Crippen LogP contribution in [-0.4, -0.2) is 44.5 Å². The van der Waals surface area contributed by atoms with Crippen molar-refractivity contribution in [1.82, 2.24) is 15.1 Å². The van der Waals surface area contributed by atoms with Gasteiger partial charge in [0.25, 0.3) is 5.91 Å². The molecule has 2 aromatic rings. The van der Waals surface area contributed by atoms with Gasteiger partial charge in [-0.05, 0) is 38.3 Å². The number of carbonyl (C=O) groups excluding carboxylic acids is 1. The van der Waals surface area contributed by atoms with Crippen molar-refractivity contribution in [2.45, 2.75) is 57.3 Å². The van der Waals surface area contributed by atoms with Crippen molar-refractivity contribution in [3.05, 3.63) is 41.6 Å². The highest BCUT2D eigenvalue weighted by atomic mass is 19.4. The Bertz CT molecular complexity index is 968. The Hall–Kier alpha value is -2.88. The van der Waals surface area contributed by atoms with E-state index in [9.17, 15) is 33.0 Å². The van der Waals surface area contributed by atoms with E-state index in [0.717, 1.165) is 31.7 Å². The molecular formula is C22H26F3N3O4. The van der Waals surface area contributed by atoms with Crippen LogP contribution < -0.4 is 5.32 Å². The van der Waals surface area contributed by atoms with Crippen LogP contribution in [0, 0.1) is 5.92 Å². The Balaban J connectivity index is 2.01. The average molecular weight is 453 g/mol. The molecule has 3 N–H and O–H groups in total. The van der Waals surface area contributed by atoms with Crippen molar-refractivity contribution in [2.75, 3.05) is 6.61 Å². The molecule has 0 saturated heterocycles. The van der Waals surface area contributed by atoms with Gasteiger partial charge in [0.15, 0.2) is 5.69 Å². The number of aromatic nitrogens is 2. The van der Waals surface area contributed by atoms with E-state index in [4.69, 9.17) is 0 Å². The second-order valence-corrected chi connectivity index (χ2v) is 8.06. The number of nitrogens with one attached hydrogen (secondary N) is 1. The molecule has 10 heteroatoms. The molecule has 7 nitrogen and oxygen atoms in total. The van der Waals surface area contributed by atoms with Crippen molar-refractivity contribution in [3.63, 3.8) is 0 Å². The lowest BCUT2D eigenvalue weighted by atomic mass is 9.99. The maximum atomic E-state index is 13.6. The maximum absolute atomic E-state index is 13.6. The zero-order valence-electron chi connectivity index (χ0n) is 17.6. The van der Waals surface area contributed by atoms with Crippen LogP contribution in [0.4, 0.5) is 13.2 Å². The zero-order valence-corrected chi connectivity index (χ0v) is 17.6. The molecule has 1 unspecified atom stereocenters. The second kappa shape index (κ2) is 9.72. The predicted octanol–water partition coefficient (Wildman–Crippen LogP) is 3.89. The van der Waals surface area contributed by atoms with Gasteiger partial charge < -0.3 is 15.5 Å². The molecule has 174 valence electrons. The summed E-state index contributed by atoms with van der Waals surface area (Å²) in [5.74, 6) is -2.80. The van der Waals surface area contributed by atoms with Crippen LogP contribution in [0.3, 0.4) is 0 Å². The smallest absolute Gasteiger partial charge is 0.417 e. The number of carboxylic acids is 1. The summed E-state index contributed by atoms with van der Waals surface area (Å²) in [5.41, 5.74) is -0.780. The van der Waals surface area contributed by atoms with Crippen LogP contribution in [0.1, 0.15) is 61.1 Å². The van der Waals surface area contributed by atoms with Crippen LogP contribution in [-0.2, 0) is 11.0 Å². The highest BCUT2D eigenvalue weighted by Crippen LogP contribution is 2.40. The van der Waals surface area contributed by atoms with Crippen LogP contribution in [0.2, 0.25) is 0 Å². The van der Waals surface area contributed by atoms with Crippen LogP contribution in [0.5, 0.6) is 0 Å². The fourth-order valence-electron chi connectivity index (χ4n) is 4.09. The number of hydrogen-bond acceptors (Lipinski definition) is 4. The van der Waals surface area contributed by atoms with E-state index >= 15 is 0 Å². The van der Waals surface area contributed by atoms with Crippen molar-refractivity contribution < 1.29 is 33.0 Å². The van der Waals surface area contributed by atoms with Crippen molar-refractivity contribution in [2.24, 2.45) is 5.92 Å². The summed E-state index contributed by atoms with van der Waals surface area (Å²) in [6.07, 6.45) is -1.23. The number of aliphatic carboxylic acids is 1. The largest absolute Gasteiger partial charge is 0.481 e. The fourth-order valence-corrected chi connectivity index (χ4v) is 4.09. The molecule has 0 spiro atoms. The molecule has 3 rings (SSSR count). The average Bonchev–Trinajstić information content (AvgIpc) is 3.42. The number of benzene rings is 1. The van der Waals surface area contributed by atoms with Gasteiger partial charge in [0.05, 0.1) is 23.2 Å². The van der Waals surface area contributed by atoms with Crippen molar-refractivity contribution in [3.8, 4) is 11.3 Å². The van der Waals surface area contributed by atoms with Gasteiger partial charge in [0.1, 0.15) is 0 Å². The van der Waals surface area contributed by atoms with Crippen molar-refractivity contribution in [1.29, 1.82) is 0 Å². The monoisotopic (exact) mass is 453 g/mol. The summed E-state index contributed by atoms with van der Waals surface area (Å²) >= 11 is 0. The number of nitrogens with zero attached hydrogens (tertiary/aromatic N) is 2. The SMILES string of the molecule is CC(C(=O)O)[C@H](CCO)NC(=O)c1cc(-c2ccccc2C(F)(F)F)n(C2CCCC2)n1. The number of alkyl halides is 3. The standard InChI is InChI=1S/C22H26F3N3O4/c1-13(21(31)32)17(10-11-29)26-20(30)18-12-19(28(27-18)14-6-2-3-7-14)15-8-4-5-9-16(15)22(23,24)25/h4-5,8-9,12-14,17,29H,2-3,6-7,10-11H2,1H3,(H,26,30)(H,31,32)/t13?,17-/m0/s1. The lowest BCUT2D eigenvalue weighted by Gasteiger charge is -2.21. The molecule has 0 aliphatic heterocycles. The molecule has 0 radical (unpaired) electrons. The van der Waals surface area contributed by atoms with Crippen LogP contribution in [0.25, 0.3) is 11.3 Å². The molecule has 0 bridgehead atoms. The van der Waals surface area contributed by atoms with E-state index in [-0.39, 0.29) is 36.0 Å². The minimum Gasteiger partial charge on any atom is -0.481 e. The van der Waals surface area contributed by atoms with Gasteiger partial charge in [-0.3, -0.25) is 14.3 Å². The lowest BCUT2D eigenvalue weighted by molar-refractivity contribution is -0.142. The molecule has 1 aliphatic carbocycles. The number of amides is 1. The molecular weight excluding hydrogens is 427 g/mol. The number of aliphatic hydroxyl groups excluding tert-OH is 1. The molecule has 1 amide bonds. The summed E-state index contributed by atoms with van der Waals surface area (Å²) in [5, 5.41) is 25.4. The van der Waals surface area contributed by atoms with Gasteiger partial charge in [-0.1, -0.05) is 31.0 Å². The highest BCUT2D eigenvalue weighted by Gasteiger charge is 2.35. The third kappa shape index (κ3) is 5.12. The first-order valence-corrected chi connectivity index (χ1v) is 10.5. The first-order chi connectivity index (χ1) is 15.1. The second-order valence-electron chi connectivity index (χ2n) is 8.06. The molecule has 2 atom stereocenters. The number of hydrogen-bond donors (Lipinski definition) is 3. The van der Waals surface area contributed by atoms with Gasteiger partial charge >= 0.3 is 12.1 Å². The summed E-state index contributed by atoms with van der Waals surface area (Å²) < 4.78 is 42.4. The molecule has 1 saturated carbocycles. The molecule has 1 aliphatic rings. The summed E-state index contributed by atoms with van der Waals surface area (Å²) in [7, 11) is 0. The van der Waals surface area contributed by atoms with E-state index in [2.05, 4.69) is 10.4 Å². The zero-order chi connectivity index (χ0) is 23.5. The Kier molecular flexibility index (Phi) is 7.22. The first kappa shape index (κ1) is 23.8. The topological polar surface area (TPSA) is 104 Å². The third-order valence-corrected chi connectivity index (χ3v) is 5.90. The number of carboxylic acid groups (broad SMARTS) is 1. The van der Waals surface area contributed by atoms with Gasteiger partial charge in [-0.25, -0.2) is 0 Å². The van der Waals surface area contributed by atoms with Gasteiger partial charge in [-0.15, -0.1) is 0 Å². The first-order valence-electron chi connectivity index (χ1n) is 10.5. The number of carbonyl (C=O) groups is 2. The van der Waals surface area contributed by atoms with E-state index in [1.54, 1.807) is 0 Å². The lowest BCUT2D eigenvalue weighted by Crippen LogP contribution is -2.43. The van der Waals surface area contributed by atoms with Crippen molar-refractivity contribution >= 4 is 11.9 Å². The van der Waals surface area contributed by atoms with E-state index in [1.807, 2.05) is 0 Å².